The number of aromatic nitrogens is 8. The smallest absolute Gasteiger partial charge is 0.324 e. The standard InChI is InChI=1S/C25H30N6O4S2.C24H28N6O2S.CH3ClO2S/c1-15(2)22-28-24(35-29-22)31-13-11-17(12-14-31)16(3)34-25-27-21-10-9-20(26-23(21)36-25)18-5-7-19(8-6-18)30-37(4,32)33;1-14(2)21-28-23(32-29-21)30-12-10-16(11-13-30)15(3)31-24-27-20-9-8-19(26-22(20)33-24)17-4-6-18(25)7-5-17;1-5(2,3)4/h5-10,15-17,30H,11-14H2,1-4H3;4-9,14-16H,10-13,25H2,1-3H3;1H3. The van der Waals surface area contributed by atoms with Crippen LogP contribution in [0.15, 0.2) is 81.8 Å². The van der Waals surface area contributed by atoms with Crippen LogP contribution in [-0.4, -0.2) is 108 Å². The number of benzene rings is 2. The van der Waals surface area contributed by atoms with Crippen molar-refractivity contribution in [3.05, 3.63) is 84.4 Å². The van der Waals surface area contributed by atoms with E-state index in [2.05, 4.69) is 97.0 Å². The van der Waals surface area contributed by atoms with E-state index in [0.29, 0.717) is 39.9 Å². The summed E-state index contributed by atoms with van der Waals surface area (Å²) in [6.45, 7) is 15.9. The molecule has 0 amide bonds. The number of sulfonamides is 1. The molecule has 2 fully saturated rings. The fourth-order valence-corrected chi connectivity index (χ4v) is 10.7. The van der Waals surface area contributed by atoms with Crippen LogP contribution in [0.5, 0.6) is 10.4 Å². The Kier molecular flexibility index (Phi) is 17.4. The Morgan fingerprint density at radius 1 is 0.600 bits per heavy atom. The fraction of sp³-hybridized carbons (Fsp3) is 0.440. The summed E-state index contributed by atoms with van der Waals surface area (Å²) < 4.78 is 67.5. The third kappa shape index (κ3) is 15.2. The first-order valence-corrected chi connectivity index (χ1v) is 30.7. The molecular formula is C50H61ClN12O8S4. The van der Waals surface area contributed by atoms with E-state index in [1.54, 1.807) is 12.1 Å². The fourth-order valence-electron chi connectivity index (χ4n) is 8.40. The van der Waals surface area contributed by atoms with Crippen LogP contribution in [0, 0.1) is 11.8 Å². The number of ether oxygens (including phenoxy) is 2. The Bertz CT molecular complexity index is 3380. The van der Waals surface area contributed by atoms with Gasteiger partial charge in [0.2, 0.25) is 19.1 Å². The maximum Gasteiger partial charge on any atom is 0.324 e. The maximum absolute atomic E-state index is 11.4. The van der Waals surface area contributed by atoms with Crippen molar-refractivity contribution in [2.75, 3.05) is 58.9 Å². The lowest BCUT2D eigenvalue weighted by molar-refractivity contribution is 0.131. The second-order valence-corrected chi connectivity index (χ2v) is 25.9. The summed E-state index contributed by atoms with van der Waals surface area (Å²) in [4.78, 5) is 33.8. The summed E-state index contributed by atoms with van der Waals surface area (Å²) in [5.74, 6) is 2.85. The molecular weight excluding hydrogens is 1060 g/mol. The Morgan fingerprint density at radius 2 is 0.987 bits per heavy atom. The number of rotatable bonds is 14. The topological polar surface area (TPSA) is 261 Å². The summed E-state index contributed by atoms with van der Waals surface area (Å²) in [6.07, 6.45) is 6.09. The van der Waals surface area contributed by atoms with Crippen molar-refractivity contribution in [3.8, 4) is 32.9 Å². The Labute approximate surface area is 448 Å². The van der Waals surface area contributed by atoms with Crippen LogP contribution in [0.3, 0.4) is 0 Å². The third-order valence-corrected chi connectivity index (χ3v) is 14.9. The predicted octanol–water partition coefficient (Wildman–Crippen LogP) is 10.2. The van der Waals surface area contributed by atoms with Crippen molar-refractivity contribution in [2.45, 2.75) is 91.3 Å². The zero-order valence-corrected chi connectivity index (χ0v) is 46.9. The summed E-state index contributed by atoms with van der Waals surface area (Å²) in [7, 11) is -2.01. The minimum atomic E-state index is -3.31. The summed E-state index contributed by atoms with van der Waals surface area (Å²) in [6, 6.07) is 23.9. The van der Waals surface area contributed by atoms with Gasteiger partial charge in [-0.25, -0.2) is 36.8 Å². The number of fused-ring (bicyclic) bond motifs is 2. The van der Waals surface area contributed by atoms with Crippen molar-refractivity contribution >= 4 is 96.5 Å². The first-order valence-electron chi connectivity index (χ1n) is 24.5. The Hall–Kier alpha value is -6.21. The van der Waals surface area contributed by atoms with Crippen molar-refractivity contribution in [1.29, 1.82) is 0 Å². The zero-order chi connectivity index (χ0) is 53.6. The number of nitrogens with two attached hydrogens (primary N) is 1. The van der Waals surface area contributed by atoms with Crippen LogP contribution in [0.1, 0.15) is 90.7 Å². The lowest BCUT2D eigenvalue weighted by Gasteiger charge is -2.33. The molecule has 2 aromatic carbocycles. The van der Waals surface area contributed by atoms with Crippen molar-refractivity contribution < 1.29 is 35.4 Å². The lowest BCUT2D eigenvalue weighted by Crippen LogP contribution is -2.38. The number of hydrogen-bond acceptors (Lipinski definition) is 21. The van der Waals surface area contributed by atoms with E-state index in [9.17, 15) is 16.8 Å². The molecule has 2 aliphatic heterocycles. The first kappa shape index (κ1) is 55.0. The zero-order valence-electron chi connectivity index (χ0n) is 42.9. The Morgan fingerprint density at radius 3 is 1.35 bits per heavy atom. The molecule has 8 aromatic rings. The normalized spacial score (nSPS) is 15.6. The Balaban J connectivity index is 0.000000184. The maximum atomic E-state index is 11.4. The number of thiazole rings is 2. The van der Waals surface area contributed by atoms with Gasteiger partial charge in [-0.1, -0.05) is 84.9 Å². The molecule has 75 heavy (non-hydrogen) atoms. The van der Waals surface area contributed by atoms with Gasteiger partial charge >= 0.3 is 12.0 Å². The first-order chi connectivity index (χ1) is 35.6. The van der Waals surface area contributed by atoms with Gasteiger partial charge in [0, 0.05) is 71.2 Å². The second kappa shape index (κ2) is 23.8. The average Bonchev–Trinajstić information content (AvgIpc) is 4.20. The molecule has 2 saturated heterocycles. The number of halogens is 1. The van der Waals surface area contributed by atoms with E-state index in [4.69, 9.17) is 34.2 Å². The summed E-state index contributed by atoms with van der Waals surface area (Å²) >= 11 is 2.92. The highest BCUT2D eigenvalue weighted by atomic mass is 35.7. The summed E-state index contributed by atoms with van der Waals surface area (Å²) in [5.41, 5.74) is 12.3. The van der Waals surface area contributed by atoms with E-state index in [-0.39, 0.29) is 24.0 Å². The van der Waals surface area contributed by atoms with Gasteiger partial charge in [-0.2, -0.15) is 9.97 Å². The number of nitrogens with zero attached hydrogens (tertiary/aromatic N) is 10. The van der Waals surface area contributed by atoms with Crippen molar-refractivity contribution in [1.82, 2.24) is 40.2 Å². The molecule has 0 bridgehead atoms. The SMILES string of the molecule is CC(C)c1noc(N2CCC(C(C)Oc3nc4ccc(-c5ccc(N)cc5)nc4s3)CC2)n1.CC(C)c1noc(N2CCC(C(C)Oc3nc4ccc(-c5ccc(NS(C)(=O)=O)cc5)nc4s3)CC2)n1.CS(=O)(=O)Cl. The molecule has 20 nitrogen and oxygen atoms in total. The molecule has 2 atom stereocenters. The number of nitrogens with one attached hydrogen (secondary N) is 1. The molecule has 0 spiro atoms. The molecule has 2 aliphatic rings. The predicted molar refractivity (Wildman–Crippen MR) is 296 cm³/mol. The van der Waals surface area contributed by atoms with Crippen LogP contribution >= 0.6 is 33.4 Å². The third-order valence-electron chi connectivity index (χ3n) is 12.6. The largest absolute Gasteiger partial charge is 0.467 e. The van der Waals surface area contributed by atoms with Crippen LogP contribution in [0.2, 0.25) is 0 Å². The van der Waals surface area contributed by atoms with E-state index < -0.39 is 19.1 Å². The van der Waals surface area contributed by atoms with E-state index in [1.165, 1.54) is 22.7 Å². The second-order valence-electron chi connectivity index (χ2n) is 19.2. The summed E-state index contributed by atoms with van der Waals surface area (Å²) in [5, 5.41) is 9.43. The van der Waals surface area contributed by atoms with Gasteiger partial charge in [-0.15, -0.1) is 0 Å². The minimum Gasteiger partial charge on any atom is -0.467 e. The van der Waals surface area contributed by atoms with Crippen molar-refractivity contribution in [2.24, 2.45) is 11.8 Å². The number of piperidine rings is 2. The van der Waals surface area contributed by atoms with Gasteiger partial charge in [0.1, 0.15) is 32.9 Å². The van der Waals surface area contributed by atoms with Crippen LogP contribution < -0.4 is 29.7 Å². The number of anilines is 4. The van der Waals surface area contributed by atoms with Crippen LogP contribution in [0.4, 0.5) is 23.4 Å². The number of pyridine rings is 2. The molecule has 6 aromatic heterocycles. The van der Waals surface area contributed by atoms with Gasteiger partial charge in [0.15, 0.2) is 11.6 Å². The van der Waals surface area contributed by atoms with Crippen LogP contribution in [0.25, 0.3) is 43.2 Å². The van der Waals surface area contributed by atoms with Gasteiger partial charge in [-0.05, 0) is 99.9 Å². The highest BCUT2D eigenvalue weighted by molar-refractivity contribution is 8.13. The van der Waals surface area contributed by atoms with E-state index in [1.807, 2.05) is 60.7 Å². The van der Waals surface area contributed by atoms with Gasteiger partial charge < -0.3 is 34.1 Å². The van der Waals surface area contributed by atoms with Gasteiger partial charge in [0.05, 0.1) is 23.9 Å². The van der Waals surface area contributed by atoms with E-state index >= 15 is 0 Å². The average molecular weight is 1120 g/mol. The lowest BCUT2D eigenvalue weighted by atomic mass is 9.92. The van der Waals surface area contributed by atoms with Gasteiger partial charge in [0.25, 0.3) is 10.4 Å². The molecule has 0 saturated carbocycles. The molecule has 25 heteroatoms. The molecule has 3 N–H and O–H groups in total. The highest BCUT2D eigenvalue weighted by Crippen LogP contribution is 2.35. The molecule has 400 valence electrons. The van der Waals surface area contributed by atoms with Gasteiger partial charge in [-0.3, -0.25) is 4.72 Å². The number of nitrogen functional groups attached to an aromatic ring is 1. The quantitative estimate of drug-likeness (QED) is 0.0757. The number of hydrogen-bond donors (Lipinski definition) is 2. The minimum absolute atomic E-state index is 0.0194. The monoisotopic (exact) mass is 1120 g/mol. The molecule has 2 unspecified atom stereocenters. The molecule has 0 radical (unpaired) electrons. The van der Waals surface area contributed by atoms with Crippen LogP contribution in [-0.2, 0) is 19.1 Å². The molecule has 8 heterocycles. The molecule has 10 rings (SSSR count). The molecule has 0 aliphatic carbocycles. The van der Waals surface area contributed by atoms with Crippen molar-refractivity contribution in [3.63, 3.8) is 0 Å². The highest BCUT2D eigenvalue weighted by Gasteiger charge is 2.30. The van der Waals surface area contributed by atoms with E-state index in [0.717, 1.165) is 125 Å².